The van der Waals surface area contributed by atoms with Crippen molar-refractivity contribution >= 4 is 16.9 Å². The second-order valence-electron chi connectivity index (χ2n) is 9.82. The zero-order chi connectivity index (χ0) is 27.4. The van der Waals surface area contributed by atoms with Crippen LogP contribution in [0.5, 0.6) is 0 Å². The van der Waals surface area contributed by atoms with E-state index in [1.165, 1.54) is 0 Å². The highest BCUT2D eigenvalue weighted by Gasteiger charge is 2.26. The van der Waals surface area contributed by atoms with Crippen LogP contribution >= 0.6 is 0 Å². The molecule has 0 saturated carbocycles. The first kappa shape index (κ1) is 26.0. The van der Waals surface area contributed by atoms with E-state index in [0.29, 0.717) is 29.1 Å². The van der Waals surface area contributed by atoms with Gasteiger partial charge in [-0.25, -0.2) is 9.97 Å². The van der Waals surface area contributed by atoms with E-state index in [2.05, 4.69) is 29.2 Å². The van der Waals surface area contributed by atoms with Crippen molar-refractivity contribution in [3.05, 3.63) is 124 Å². The number of carbonyl (C=O) groups excluding carboxylic acids is 1. The van der Waals surface area contributed by atoms with Crippen LogP contribution < -0.4 is 5.56 Å². The first-order chi connectivity index (χ1) is 19.0. The topological polar surface area (TPSA) is 68.1 Å². The highest BCUT2D eigenvalue weighted by atomic mass is 16.2. The Morgan fingerprint density at radius 2 is 1.59 bits per heavy atom. The van der Waals surface area contributed by atoms with Crippen molar-refractivity contribution in [1.29, 1.82) is 0 Å². The molecule has 3 aromatic carbocycles. The molecule has 2 heterocycles. The van der Waals surface area contributed by atoms with Crippen LogP contribution in [0.3, 0.4) is 0 Å². The van der Waals surface area contributed by atoms with Crippen molar-refractivity contribution in [2.24, 2.45) is 0 Å². The maximum atomic E-state index is 13.7. The molecule has 1 atom stereocenters. The lowest BCUT2D eigenvalue weighted by molar-refractivity contribution is -0.132. The smallest absolute Gasteiger partial charge is 0.267 e. The molecule has 6 heteroatoms. The number of carbonyl (C=O) groups is 1. The van der Waals surface area contributed by atoms with E-state index >= 15 is 0 Å². The van der Waals surface area contributed by atoms with Crippen LogP contribution in [0.1, 0.15) is 43.3 Å². The van der Waals surface area contributed by atoms with Gasteiger partial charge in [-0.15, -0.1) is 0 Å². The van der Waals surface area contributed by atoms with Gasteiger partial charge in [-0.1, -0.05) is 79.2 Å². The molecule has 2 aromatic heterocycles. The van der Waals surface area contributed by atoms with Gasteiger partial charge in [0.15, 0.2) is 5.65 Å². The zero-order valence-electron chi connectivity index (χ0n) is 22.5. The second-order valence-corrected chi connectivity index (χ2v) is 9.82. The average Bonchev–Trinajstić information content (AvgIpc) is 2.97. The van der Waals surface area contributed by atoms with E-state index in [4.69, 9.17) is 4.98 Å². The van der Waals surface area contributed by atoms with Gasteiger partial charge in [-0.2, -0.15) is 0 Å². The van der Waals surface area contributed by atoms with Crippen LogP contribution in [-0.2, 0) is 11.2 Å². The third-order valence-electron chi connectivity index (χ3n) is 7.00. The normalized spacial score (nSPS) is 11.9. The number of fused-ring (bicyclic) bond motifs is 1. The Kier molecular flexibility index (Phi) is 7.64. The molecule has 196 valence electrons. The van der Waals surface area contributed by atoms with Gasteiger partial charge in [0.25, 0.3) is 5.56 Å². The minimum atomic E-state index is -0.443. The lowest BCUT2D eigenvalue weighted by atomic mass is 10.0. The molecule has 0 N–H and O–H groups in total. The molecule has 6 nitrogen and oxygen atoms in total. The van der Waals surface area contributed by atoms with Crippen LogP contribution in [0.15, 0.2) is 102 Å². The predicted octanol–water partition coefficient (Wildman–Crippen LogP) is 6.30. The summed E-state index contributed by atoms with van der Waals surface area (Å²) in [5, 5.41) is 0.445. The lowest BCUT2D eigenvalue weighted by Gasteiger charge is -2.30. The highest BCUT2D eigenvalue weighted by molar-refractivity contribution is 5.80. The summed E-state index contributed by atoms with van der Waals surface area (Å²) in [5.41, 5.74) is 5.19. The van der Waals surface area contributed by atoms with E-state index < -0.39 is 6.04 Å². The molecule has 1 unspecified atom stereocenters. The van der Waals surface area contributed by atoms with Gasteiger partial charge in [0.05, 0.1) is 23.5 Å². The van der Waals surface area contributed by atoms with Gasteiger partial charge in [-0.05, 0) is 61.2 Å². The maximum absolute atomic E-state index is 13.7. The van der Waals surface area contributed by atoms with Crippen LogP contribution in [0.2, 0.25) is 0 Å². The molecular formula is C33H32N4O2. The molecule has 0 aliphatic rings. The minimum absolute atomic E-state index is 0.0114. The van der Waals surface area contributed by atoms with Crippen molar-refractivity contribution in [3.63, 3.8) is 0 Å². The quantitative estimate of drug-likeness (QED) is 0.243. The molecule has 5 rings (SSSR count). The van der Waals surface area contributed by atoms with E-state index in [1.54, 1.807) is 22.9 Å². The van der Waals surface area contributed by atoms with Gasteiger partial charge in [0.2, 0.25) is 5.91 Å². The number of amides is 1. The zero-order valence-corrected chi connectivity index (χ0v) is 22.5. The van der Waals surface area contributed by atoms with Crippen LogP contribution in [0, 0.1) is 6.92 Å². The minimum Gasteiger partial charge on any atom is -0.332 e. The molecule has 0 aliphatic heterocycles. The molecule has 0 bridgehead atoms. The molecule has 0 aliphatic carbocycles. The Bertz CT molecular complexity index is 1640. The summed E-state index contributed by atoms with van der Waals surface area (Å²) in [6.45, 7) is 6.54. The van der Waals surface area contributed by atoms with Gasteiger partial charge in [0.1, 0.15) is 5.82 Å². The summed E-state index contributed by atoms with van der Waals surface area (Å²) in [6.07, 6.45) is 2.68. The molecule has 39 heavy (non-hydrogen) atoms. The Hall–Kier alpha value is -4.58. The summed E-state index contributed by atoms with van der Waals surface area (Å²) < 4.78 is 1.62. The van der Waals surface area contributed by atoms with Gasteiger partial charge in [0, 0.05) is 12.7 Å². The number of aryl methyl sites for hydroxylation is 1. The van der Waals surface area contributed by atoms with Gasteiger partial charge < -0.3 is 4.90 Å². The molecule has 5 aromatic rings. The molecule has 0 radical (unpaired) electrons. The number of hydrogen-bond acceptors (Lipinski definition) is 4. The fraction of sp³-hybridized carbons (Fsp3) is 0.212. The van der Waals surface area contributed by atoms with Crippen LogP contribution in [0.25, 0.3) is 27.8 Å². The summed E-state index contributed by atoms with van der Waals surface area (Å²) in [5.74, 6) is 0.485. The van der Waals surface area contributed by atoms with E-state index in [0.717, 1.165) is 28.7 Å². The fourth-order valence-corrected chi connectivity index (χ4v) is 4.90. The SMILES string of the molecule is CCCN(C(=O)Cc1ccc(-c2ccccc2)cc1)C(C)c1nc2ncccc2c(=O)n1-c1ccc(C)cc1. The van der Waals surface area contributed by atoms with Crippen molar-refractivity contribution < 1.29 is 4.79 Å². The van der Waals surface area contributed by atoms with E-state index in [-0.39, 0.29) is 17.9 Å². The van der Waals surface area contributed by atoms with Crippen molar-refractivity contribution in [2.75, 3.05) is 6.54 Å². The maximum Gasteiger partial charge on any atom is 0.267 e. The summed E-state index contributed by atoms with van der Waals surface area (Å²) in [6, 6.07) is 29.1. The number of hydrogen-bond donors (Lipinski definition) is 0. The van der Waals surface area contributed by atoms with Crippen LogP contribution in [0.4, 0.5) is 0 Å². The molecule has 0 fully saturated rings. The van der Waals surface area contributed by atoms with Gasteiger partial charge in [-0.3, -0.25) is 14.2 Å². The van der Waals surface area contributed by atoms with Crippen molar-refractivity contribution in [1.82, 2.24) is 19.4 Å². The summed E-state index contributed by atoms with van der Waals surface area (Å²) in [7, 11) is 0. The third-order valence-corrected chi connectivity index (χ3v) is 7.00. The number of rotatable bonds is 8. The van der Waals surface area contributed by atoms with E-state index in [9.17, 15) is 9.59 Å². The summed E-state index contributed by atoms with van der Waals surface area (Å²) >= 11 is 0. The first-order valence-electron chi connectivity index (χ1n) is 13.3. The Morgan fingerprint density at radius 1 is 0.897 bits per heavy atom. The number of pyridine rings is 1. The number of nitrogens with zero attached hydrogens (tertiary/aromatic N) is 4. The number of benzene rings is 3. The molecule has 0 saturated heterocycles. The molecular weight excluding hydrogens is 484 g/mol. The Morgan fingerprint density at radius 3 is 2.28 bits per heavy atom. The second kappa shape index (κ2) is 11.4. The van der Waals surface area contributed by atoms with Crippen molar-refractivity contribution in [3.8, 4) is 16.8 Å². The van der Waals surface area contributed by atoms with Crippen molar-refractivity contribution in [2.45, 2.75) is 39.7 Å². The fourth-order valence-electron chi connectivity index (χ4n) is 4.90. The number of aromatic nitrogens is 3. The van der Waals surface area contributed by atoms with Crippen LogP contribution in [-0.4, -0.2) is 31.9 Å². The largest absolute Gasteiger partial charge is 0.332 e. The predicted molar refractivity (Wildman–Crippen MR) is 156 cm³/mol. The third kappa shape index (κ3) is 5.50. The molecule has 0 spiro atoms. The first-order valence-corrected chi connectivity index (χ1v) is 13.3. The monoisotopic (exact) mass is 516 g/mol. The van der Waals surface area contributed by atoms with Gasteiger partial charge >= 0.3 is 0 Å². The molecule has 1 amide bonds. The Balaban J connectivity index is 1.50. The highest BCUT2D eigenvalue weighted by Crippen LogP contribution is 2.25. The standard InChI is InChI=1S/C33H32N4O2/c1-4-21-36(30(38)22-25-14-16-27(17-15-25)26-9-6-5-7-10-26)24(3)32-35-31-29(11-8-20-34-31)33(39)37(32)28-18-12-23(2)13-19-28/h5-20,24H,4,21-22H2,1-3H3. The average molecular weight is 517 g/mol. The van der Waals surface area contributed by atoms with E-state index in [1.807, 2.05) is 80.3 Å². The lowest BCUT2D eigenvalue weighted by Crippen LogP contribution is -2.38. The Labute approximate surface area is 228 Å². The summed E-state index contributed by atoms with van der Waals surface area (Å²) in [4.78, 5) is 38.4.